The second kappa shape index (κ2) is 7.76. The van der Waals surface area contributed by atoms with Crippen LogP contribution in [0, 0.1) is 0 Å². The van der Waals surface area contributed by atoms with E-state index in [4.69, 9.17) is 4.74 Å². The van der Waals surface area contributed by atoms with Gasteiger partial charge in [-0.2, -0.15) is 0 Å². The van der Waals surface area contributed by atoms with Gasteiger partial charge >= 0.3 is 0 Å². The van der Waals surface area contributed by atoms with E-state index in [0.29, 0.717) is 18.7 Å². The highest BCUT2D eigenvalue weighted by molar-refractivity contribution is 5.80. The van der Waals surface area contributed by atoms with Crippen LogP contribution in [0.15, 0.2) is 0 Å². The van der Waals surface area contributed by atoms with Gasteiger partial charge in [-0.15, -0.1) is 0 Å². The highest BCUT2D eigenvalue weighted by Gasteiger charge is 2.17. The summed E-state index contributed by atoms with van der Waals surface area (Å²) < 4.78 is 5.04. The van der Waals surface area contributed by atoms with E-state index >= 15 is 0 Å². The predicted octanol–water partition coefficient (Wildman–Crippen LogP) is 0.620. The zero-order valence-electron chi connectivity index (χ0n) is 10.6. The normalized spacial score (nSPS) is 18.9. The van der Waals surface area contributed by atoms with E-state index in [0.717, 1.165) is 45.8 Å². The van der Waals surface area contributed by atoms with E-state index in [9.17, 15) is 4.79 Å². The SMILES string of the molecule is CCC(=O)CN1CCN(CCCOC)CC1. The topological polar surface area (TPSA) is 32.8 Å². The van der Waals surface area contributed by atoms with Crippen LogP contribution in [0.25, 0.3) is 0 Å². The van der Waals surface area contributed by atoms with Gasteiger partial charge in [-0.05, 0) is 6.42 Å². The van der Waals surface area contributed by atoms with Crippen molar-refractivity contribution in [3.05, 3.63) is 0 Å². The Labute approximate surface area is 98.5 Å². The summed E-state index contributed by atoms with van der Waals surface area (Å²) in [6, 6.07) is 0. The van der Waals surface area contributed by atoms with Gasteiger partial charge in [0.2, 0.25) is 0 Å². The fourth-order valence-corrected chi connectivity index (χ4v) is 1.96. The molecule has 0 saturated carbocycles. The minimum Gasteiger partial charge on any atom is -0.385 e. The van der Waals surface area contributed by atoms with Crippen LogP contribution in [0.4, 0.5) is 0 Å². The van der Waals surface area contributed by atoms with Crippen molar-refractivity contribution in [1.29, 1.82) is 0 Å². The largest absolute Gasteiger partial charge is 0.385 e. The van der Waals surface area contributed by atoms with Gasteiger partial charge in [0.15, 0.2) is 0 Å². The number of piperazine rings is 1. The molecule has 1 heterocycles. The van der Waals surface area contributed by atoms with Crippen molar-refractivity contribution in [3.8, 4) is 0 Å². The van der Waals surface area contributed by atoms with Crippen molar-refractivity contribution in [2.24, 2.45) is 0 Å². The number of nitrogens with zero attached hydrogens (tertiary/aromatic N) is 2. The van der Waals surface area contributed by atoms with E-state index in [-0.39, 0.29) is 0 Å². The summed E-state index contributed by atoms with van der Waals surface area (Å²) in [6.45, 7) is 8.75. The number of hydrogen-bond donors (Lipinski definition) is 0. The Bertz CT molecular complexity index is 201. The molecular formula is C12H24N2O2. The van der Waals surface area contributed by atoms with Crippen LogP contribution in [-0.4, -0.2) is 68.6 Å². The lowest BCUT2D eigenvalue weighted by molar-refractivity contribution is -0.120. The van der Waals surface area contributed by atoms with Crippen molar-refractivity contribution in [2.45, 2.75) is 19.8 Å². The molecule has 4 nitrogen and oxygen atoms in total. The second-order valence-corrected chi connectivity index (χ2v) is 4.36. The van der Waals surface area contributed by atoms with Gasteiger partial charge in [-0.1, -0.05) is 6.92 Å². The van der Waals surface area contributed by atoms with Crippen molar-refractivity contribution < 1.29 is 9.53 Å². The van der Waals surface area contributed by atoms with Gasteiger partial charge in [0.1, 0.15) is 5.78 Å². The molecule has 94 valence electrons. The van der Waals surface area contributed by atoms with Crippen LogP contribution < -0.4 is 0 Å². The number of carbonyl (C=O) groups is 1. The van der Waals surface area contributed by atoms with E-state index in [1.807, 2.05) is 6.92 Å². The molecule has 4 heteroatoms. The van der Waals surface area contributed by atoms with Gasteiger partial charge < -0.3 is 9.64 Å². The van der Waals surface area contributed by atoms with E-state index < -0.39 is 0 Å². The molecule has 1 aliphatic heterocycles. The van der Waals surface area contributed by atoms with Crippen molar-refractivity contribution in [2.75, 3.05) is 53.0 Å². The number of hydrogen-bond acceptors (Lipinski definition) is 4. The molecule has 1 rings (SSSR count). The highest BCUT2D eigenvalue weighted by atomic mass is 16.5. The number of Topliss-reactive ketones (excluding diaryl/α,β-unsaturated/α-hetero) is 1. The average molecular weight is 228 g/mol. The third-order valence-electron chi connectivity index (χ3n) is 3.08. The van der Waals surface area contributed by atoms with Gasteiger partial charge in [0.25, 0.3) is 0 Å². The number of carbonyl (C=O) groups excluding carboxylic acids is 1. The van der Waals surface area contributed by atoms with Gasteiger partial charge in [0.05, 0.1) is 6.54 Å². The Morgan fingerprint density at radius 3 is 2.38 bits per heavy atom. The Morgan fingerprint density at radius 2 is 1.81 bits per heavy atom. The summed E-state index contributed by atoms with van der Waals surface area (Å²) in [5.74, 6) is 0.354. The van der Waals surface area contributed by atoms with Gasteiger partial charge in [-0.3, -0.25) is 9.69 Å². The first-order valence-corrected chi connectivity index (χ1v) is 6.21. The van der Waals surface area contributed by atoms with Crippen LogP contribution in [0.3, 0.4) is 0 Å². The monoisotopic (exact) mass is 228 g/mol. The van der Waals surface area contributed by atoms with Gasteiger partial charge in [-0.25, -0.2) is 0 Å². The molecule has 0 aromatic rings. The first kappa shape index (κ1) is 13.6. The molecule has 1 aliphatic rings. The molecule has 0 atom stereocenters. The van der Waals surface area contributed by atoms with Crippen LogP contribution in [0.2, 0.25) is 0 Å². The smallest absolute Gasteiger partial charge is 0.146 e. The van der Waals surface area contributed by atoms with E-state index in [2.05, 4.69) is 9.80 Å². The maximum Gasteiger partial charge on any atom is 0.146 e. The summed E-state index contributed by atoms with van der Waals surface area (Å²) >= 11 is 0. The molecule has 0 spiro atoms. The molecule has 1 fully saturated rings. The lowest BCUT2D eigenvalue weighted by Gasteiger charge is -2.34. The quantitative estimate of drug-likeness (QED) is 0.598. The molecule has 0 aromatic heterocycles. The molecule has 0 radical (unpaired) electrons. The fraction of sp³-hybridized carbons (Fsp3) is 0.917. The zero-order chi connectivity index (χ0) is 11.8. The van der Waals surface area contributed by atoms with Crippen LogP contribution >= 0.6 is 0 Å². The number of rotatable bonds is 7. The Hall–Kier alpha value is -0.450. The lowest BCUT2D eigenvalue weighted by Crippen LogP contribution is -2.48. The molecule has 0 amide bonds. The van der Waals surface area contributed by atoms with Crippen LogP contribution in [-0.2, 0) is 9.53 Å². The van der Waals surface area contributed by atoms with Crippen LogP contribution in [0.5, 0.6) is 0 Å². The molecule has 0 aliphatic carbocycles. The summed E-state index contributed by atoms with van der Waals surface area (Å²) in [6.07, 6.45) is 1.76. The van der Waals surface area contributed by atoms with Crippen molar-refractivity contribution >= 4 is 5.78 Å². The maximum absolute atomic E-state index is 11.3. The third kappa shape index (κ3) is 5.05. The summed E-state index contributed by atoms with van der Waals surface area (Å²) in [7, 11) is 1.74. The number of ether oxygens (including phenoxy) is 1. The first-order chi connectivity index (χ1) is 7.76. The zero-order valence-corrected chi connectivity index (χ0v) is 10.6. The Balaban J connectivity index is 2.11. The molecule has 1 saturated heterocycles. The number of ketones is 1. The molecular weight excluding hydrogens is 204 g/mol. The lowest BCUT2D eigenvalue weighted by atomic mass is 10.2. The molecule has 16 heavy (non-hydrogen) atoms. The van der Waals surface area contributed by atoms with Crippen molar-refractivity contribution in [3.63, 3.8) is 0 Å². The third-order valence-corrected chi connectivity index (χ3v) is 3.08. The Kier molecular flexibility index (Phi) is 6.61. The van der Waals surface area contributed by atoms with Crippen LogP contribution in [0.1, 0.15) is 19.8 Å². The Morgan fingerprint density at radius 1 is 1.19 bits per heavy atom. The summed E-state index contributed by atoms with van der Waals surface area (Å²) in [4.78, 5) is 16.0. The average Bonchev–Trinajstić information content (AvgIpc) is 2.31. The standard InChI is InChI=1S/C12H24N2O2/c1-3-12(15)11-14-8-6-13(7-9-14)5-4-10-16-2/h3-11H2,1-2H3. The highest BCUT2D eigenvalue weighted by Crippen LogP contribution is 2.03. The second-order valence-electron chi connectivity index (χ2n) is 4.36. The summed E-state index contributed by atoms with van der Waals surface area (Å²) in [5, 5.41) is 0. The summed E-state index contributed by atoms with van der Waals surface area (Å²) in [5.41, 5.74) is 0. The molecule has 0 aromatic carbocycles. The maximum atomic E-state index is 11.3. The first-order valence-electron chi connectivity index (χ1n) is 6.21. The minimum absolute atomic E-state index is 0.354. The van der Waals surface area contributed by atoms with E-state index in [1.165, 1.54) is 0 Å². The fourth-order valence-electron chi connectivity index (χ4n) is 1.96. The predicted molar refractivity (Wildman–Crippen MR) is 64.7 cm³/mol. The van der Waals surface area contributed by atoms with Gasteiger partial charge in [0, 0.05) is 52.9 Å². The van der Waals surface area contributed by atoms with Crippen molar-refractivity contribution in [1.82, 2.24) is 9.80 Å². The molecule has 0 bridgehead atoms. The minimum atomic E-state index is 0.354. The van der Waals surface area contributed by atoms with E-state index in [1.54, 1.807) is 7.11 Å². The molecule has 0 unspecified atom stereocenters. The molecule has 0 N–H and O–H groups in total. The number of methoxy groups -OCH3 is 1.